The number of nitrogen functional groups attached to an aromatic ring is 1. The fourth-order valence-electron chi connectivity index (χ4n) is 2.58. The maximum atomic E-state index is 13.3. The van der Waals surface area contributed by atoms with Gasteiger partial charge in [-0.3, -0.25) is 9.59 Å². The molecule has 2 amide bonds. The zero-order valence-corrected chi connectivity index (χ0v) is 12.3. The summed E-state index contributed by atoms with van der Waals surface area (Å²) in [5.41, 5.74) is 6.20. The molecule has 0 saturated carbocycles. The molecule has 1 aliphatic rings. The van der Waals surface area contributed by atoms with Crippen molar-refractivity contribution in [3.8, 4) is 0 Å². The number of carbonyl (C=O) groups excluding carboxylic acids is 2. The second kappa shape index (κ2) is 6.11. The van der Waals surface area contributed by atoms with Crippen molar-refractivity contribution in [3.05, 3.63) is 29.6 Å². The van der Waals surface area contributed by atoms with Crippen molar-refractivity contribution in [1.82, 2.24) is 9.80 Å². The minimum absolute atomic E-state index is 0.0473. The van der Waals surface area contributed by atoms with E-state index in [1.54, 1.807) is 23.9 Å². The number of amides is 2. The van der Waals surface area contributed by atoms with Crippen LogP contribution in [0.3, 0.4) is 0 Å². The highest BCUT2D eigenvalue weighted by molar-refractivity contribution is 5.99. The summed E-state index contributed by atoms with van der Waals surface area (Å²) in [7, 11) is 3.46. The number of nitrogens with two attached hydrogens (primary N) is 1. The van der Waals surface area contributed by atoms with Gasteiger partial charge in [0.2, 0.25) is 5.91 Å². The fraction of sp³-hybridized carbons (Fsp3) is 0.467. The summed E-state index contributed by atoms with van der Waals surface area (Å²) in [5, 5.41) is 0. The van der Waals surface area contributed by atoms with Crippen LogP contribution in [0.5, 0.6) is 0 Å². The molecule has 1 aliphatic heterocycles. The summed E-state index contributed by atoms with van der Waals surface area (Å²) in [6, 6.07) is 3.79. The standard InChI is InChI=1S/C15H20FN3O2/c1-18(2)14(20)10-5-7-19(8-6-10)15(21)12-9-11(16)3-4-13(12)17/h3-4,9-10H,5-8,17H2,1-2H3. The molecule has 114 valence electrons. The van der Waals surface area contributed by atoms with Crippen LogP contribution in [0, 0.1) is 11.7 Å². The number of halogens is 1. The second-order valence-corrected chi connectivity index (χ2v) is 5.53. The van der Waals surface area contributed by atoms with Gasteiger partial charge in [-0.05, 0) is 31.0 Å². The number of piperidine rings is 1. The average Bonchev–Trinajstić information content (AvgIpc) is 2.48. The largest absolute Gasteiger partial charge is 0.398 e. The van der Waals surface area contributed by atoms with Gasteiger partial charge in [-0.1, -0.05) is 0 Å². The van der Waals surface area contributed by atoms with Crippen LogP contribution in [0.4, 0.5) is 10.1 Å². The molecule has 5 nitrogen and oxygen atoms in total. The SMILES string of the molecule is CN(C)C(=O)C1CCN(C(=O)c2cc(F)ccc2N)CC1. The van der Waals surface area contributed by atoms with Gasteiger partial charge in [0.25, 0.3) is 5.91 Å². The van der Waals surface area contributed by atoms with E-state index in [4.69, 9.17) is 5.73 Å². The molecule has 0 spiro atoms. The number of carbonyl (C=O) groups is 2. The maximum Gasteiger partial charge on any atom is 0.256 e. The smallest absolute Gasteiger partial charge is 0.256 e. The van der Waals surface area contributed by atoms with Gasteiger partial charge in [-0.25, -0.2) is 4.39 Å². The van der Waals surface area contributed by atoms with Crippen molar-refractivity contribution in [1.29, 1.82) is 0 Å². The molecule has 0 bridgehead atoms. The van der Waals surface area contributed by atoms with Gasteiger partial charge < -0.3 is 15.5 Å². The zero-order chi connectivity index (χ0) is 15.6. The lowest BCUT2D eigenvalue weighted by Gasteiger charge is -2.32. The highest BCUT2D eigenvalue weighted by atomic mass is 19.1. The molecule has 1 heterocycles. The quantitative estimate of drug-likeness (QED) is 0.837. The second-order valence-electron chi connectivity index (χ2n) is 5.53. The first kappa shape index (κ1) is 15.3. The molecule has 1 saturated heterocycles. The fourth-order valence-corrected chi connectivity index (χ4v) is 2.58. The van der Waals surface area contributed by atoms with Crippen LogP contribution in [-0.2, 0) is 4.79 Å². The molecule has 1 aromatic carbocycles. The number of rotatable bonds is 2. The first-order valence-corrected chi connectivity index (χ1v) is 6.95. The van der Waals surface area contributed by atoms with E-state index < -0.39 is 5.82 Å². The highest BCUT2D eigenvalue weighted by Gasteiger charge is 2.29. The summed E-state index contributed by atoms with van der Waals surface area (Å²) in [4.78, 5) is 27.5. The van der Waals surface area contributed by atoms with Crippen LogP contribution >= 0.6 is 0 Å². The predicted molar refractivity (Wildman–Crippen MR) is 78.1 cm³/mol. The number of hydrogen-bond acceptors (Lipinski definition) is 3. The first-order valence-electron chi connectivity index (χ1n) is 6.95. The molecule has 0 atom stereocenters. The Kier molecular flexibility index (Phi) is 4.45. The van der Waals surface area contributed by atoms with Crippen LogP contribution in [-0.4, -0.2) is 48.8 Å². The van der Waals surface area contributed by atoms with E-state index in [0.29, 0.717) is 25.9 Å². The van der Waals surface area contributed by atoms with Crippen molar-refractivity contribution < 1.29 is 14.0 Å². The van der Waals surface area contributed by atoms with E-state index in [9.17, 15) is 14.0 Å². The van der Waals surface area contributed by atoms with Gasteiger partial charge in [-0.15, -0.1) is 0 Å². The Bertz CT molecular complexity index is 552. The van der Waals surface area contributed by atoms with Gasteiger partial charge >= 0.3 is 0 Å². The van der Waals surface area contributed by atoms with Crippen molar-refractivity contribution in [3.63, 3.8) is 0 Å². The molecule has 6 heteroatoms. The van der Waals surface area contributed by atoms with Gasteiger partial charge in [-0.2, -0.15) is 0 Å². The number of nitrogens with zero attached hydrogens (tertiary/aromatic N) is 2. The Morgan fingerprint density at radius 1 is 1.29 bits per heavy atom. The summed E-state index contributed by atoms with van der Waals surface area (Å²) < 4.78 is 13.3. The van der Waals surface area contributed by atoms with Gasteiger partial charge in [0.1, 0.15) is 5.82 Å². The first-order chi connectivity index (χ1) is 9.90. The molecule has 2 N–H and O–H groups in total. The van der Waals surface area contributed by atoms with Crippen LogP contribution in [0.15, 0.2) is 18.2 Å². The highest BCUT2D eigenvalue weighted by Crippen LogP contribution is 2.22. The van der Waals surface area contributed by atoms with Crippen molar-refractivity contribution in [2.75, 3.05) is 32.9 Å². The Morgan fingerprint density at radius 3 is 2.48 bits per heavy atom. The van der Waals surface area contributed by atoms with Gasteiger partial charge in [0.05, 0.1) is 5.56 Å². The van der Waals surface area contributed by atoms with Crippen LogP contribution < -0.4 is 5.73 Å². The third-order valence-electron chi connectivity index (χ3n) is 3.82. The van der Waals surface area contributed by atoms with E-state index in [0.717, 1.165) is 6.07 Å². The molecule has 21 heavy (non-hydrogen) atoms. The summed E-state index contributed by atoms with van der Waals surface area (Å²) in [6.45, 7) is 0.970. The monoisotopic (exact) mass is 293 g/mol. The minimum atomic E-state index is -0.481. The topological polar surface area (TPSA) is 66.6 Å². The number of anilines is 1. The third-order valence-corrected chi connectivity index (χ3v) is 3.82. The lowest BCUT2D eigenvalue weighted by Crippen LogP contribution is -2.42. The number of benzene rings is 1. The van der Waals surface area contributed by atoms with Gasteiger partial charge in [0, 0.05) is 38.8 Å². The van der Waals surface area contributed by atoms with E-state index in [1.807, 2.05) is 0 Å². The maximum absolute atomic E-state index is 13.3. The Labute approximate surface area is 123 Å². The van der Waals surface area contributed by atoms with Crippen LogP contribution in [0.25, 0.3) is 0 Å². The molecule has 1 aromatic rings. The lowest BCUT2D eigenvalue weighted by molar-refractivity contribution is -0.134. The summed E-state index contributed by atoms with van der Waals surface area (Å²) in [6.07, 6.45) is 1.25. The normalized spacial score (nSPS) is 15.9. The molecule has 2 rings (SSSR count). The minimum Gasteiger partial charge on any atom is -0.398 e. The molecule has 1 fully saturated rings. The predicted octanol–water partition coefficient (Wildman–Crippen LogP) is 1.35. The summed E-state index contributed by atoms with van der Waals surface area (Å²) in [5.74, 6) is -0.714. The molecule has 0 aliphatic carbocycles. The van der Waals surface area contributed by atoms with E-state index in [1.165, 1.54) is 12.1 Å². The molecule has 0 radical (unpaired) electrons. The van der Waals surface area contributed by atoms with Crippen molar-refractivity contribution in [2.24, 2.45) is 5.92 Å². The Hall–Kier alpha value is -2.11. The van der Waals surface area contributed by atoms with Crippen molar-refractivity contribution in [2.45, 2.75) is 12.8 Å². The zero-order valence-electron chi connectivity index (χ0n) is 12.3. The van der Waals surface area contributed by atoms with Crippen LogP contribution in [0.2, 0.25) is 0 Å². The van der Waals surface area contributed by atoms with E-state index >= 15 is 0 Å². The summed E-state index contributed by atoms with van der Waals surface area (Å²) >= 11 is 0. The molecule has 0 aromatic heterocycles. The molecule has 0 unspecified atom stereocenters. The third kappa shape index (κ3) is 3.32. The average molecular weight is 293 g/mol. The Morgan fingerprint density at radius 2 is 1.90 bits per heavy atom. The van der Waals surface area contributed by atoms with E-state index in [2.05, 4.69) is 0 Å². The van der Waals surface area contributed by atoms with Crippen molar-refractivity contribution >= 4 is 17.5 Å². The molecular weight excluding hydrogens is 273 g/mol. The van der Waals surface area contributed by atoms with E-state index in [-0.39, 0.29) is 29.0 Å². The number of likely N-dealkylation sites (tertiary alicyclic amines) is 1. The lowest BCUT2D eigenvalue weighted by atomic mass is 9.95. The Balaban J connectivity index is 2.03. The van der Waals surface area contributed by atoms with Crippen LogP contribution in [0.1, 0.15) is 23.2 Å². The molecular formula is C15H20FN3O2. The van der Waals surface area contributed by atoms with Gasteiger partial charge in [0.15, 0.2) is 0 Å². The number of hydrogen-bond donors (Lipinski definition) is 1.